The number of amides is 1. The number of unbranched alkanes of at least 4 members (excludes halogenated alkanes) is 1. The van der Waals surface area contributed by atoms with E-state index in [-0.39, 0.29) is 30.9 Å². The van der Waals surface area contributed by atoms with Crippen LogP contribution < -0.4 is 5.32 Å². The SMILES string of the molecule is CCCCOC(=O)[C@H](O)C(Cc1ccccc1Cl)NC(=O)CCCc1ccccc1C(=O)O. The minimum absolute atomic E-state index is 0.102. The van der Waals surface area contributed by atoms with Crippen molar-refractivity contribution in [2.45, 2.75) is 57.6 Å². The van der Waals surface area contributed by atoms with Crippen molar-refractivity contribution in [3.05, 3.63) is 70.2 Å². The Kier molecular flexibility index (Phi) is 10.9. The lowest BCUT2D eigenvalue weighted by molar-refractivity contribution is -0.155. The maximum Gasteiger partial charge on any atom is 0.337 e. The highest BCUT2D eigenvalue weighted by atomic mass is 35.5. The molecule has 0 aliphatic heterocycles. The molecule has 0 saturated carbocycles. The zero-order valence-electron chi connectivity index (χ0n) is 18.6. The van der Waals surface area contributed by atoms with Crippen LogP contribution in [-0.4, -0.2) is 46.8 Å². The molecule has 0 bridgehead atoms. The van der Waals surface area contributed by atoms with Gasteiger partial charge in [0.2, 0.25) is 5.91 Å². The molecule has 0 saturated heterocycles. The van der Waals surface area contributed by atoms with Gasteiger partial charge in [-0.1, -0.05) is 61.3 Å². The number of aryl methyl sites for hydroxylation is 1. The Morgan fingerprint density at radius 2 is 1.70 bits per heavy atom. The Hall–Kier alpha value is -2.90. The number of aliphatic hydroxyl groups excluding tert-OH is 1. The highest BCUT2D eigenvalue weighted by molar-refractivity contribution is 6.31. The second kappa shape index (κ2) is 13.6. The zero-order valence-corrected chi connectivity index (χ0v) is 19.4. The smallest absolute Gasteiger partial charge is 0.337 e. The highest BCUT2D eigenvalue weighted by Crippen LogP contribution is 2.19. The molecule has 0 heterocycles. The number of halogens is 1. The van der Waals surface area contributed by atoms with Gasteiger partial charge in [-0.3, -0.25) is 4.79 Å². The quantitative estimate of drug-likeness (QED) is 0.300. The van der Waals surface area contributed by atoms with Crippen molar-refractivity contribution in [1.29, 1.82) is 0 Å². The van der Waals surface area contributed by atoms with E-state index in [0.717, 1.165) is 6.42 Å². The van der Waals surface area contributed by atoms with E-state index in [1.807, 2.05) is 6.92 Å². The summed E-state index contributed by atoms with van der Waals surface area (Å²) in [5.74, 6) is -2.17. The second-order valence-corrected chi connectivity index (χ2v) is 8.16. The summed E-state index contributed by atoms with van der Waals surface area (Å²) in [5, 5.41) is 23.1. The van der Waals surface area contributed by atoms with E-state index < -0.39 is 24.1 Å². The average Bonchev–Trinajstić information content (AvgIpc) is 2.79. The molecule has 0 aliphatic carbocycles. The summed E-state index contributed by atoms with van der Waals surface area (Å²) in [6.07, 6.45) is 1.04. The number of benzene rings is 2. The molecule has 0 fully saturated rings. The van der Waals surface area contributed by atoms with E-state index in [9.17, 15) is 24.6 Å². The maximum atomic E-state index is 12.6. The van der Waals surface area contributed by atoms with Gasteiger partial charge in [0.1, 0.15) is 0 Å². The minimum atomic E-state index is -1.55. The molecule has 1 unspecified atom stereocenters. The molecule has 2 atom stereocenters. The number of hydrogen-bond acceptors (Lipinski definition) is 5. The molecular weight excluding hydrogens is 446 g/mol. The Labute approximate surface area is 198 Å². The van der Waals surface area contributed by atoms with Crippen molar-refractivity contribution in [3.63, 3.8) is 0 Å². The molecule has 3 N–H and O–H groups in total. The fourth-order valence-electron chi connectivity index (χ4n) is 3.37. The first kappa shape index (κ1) is 26.4. The van der Waals surface area contributed by atoms with Gasteiger partial charge in [0.15, 0.2) is 6.10 Å². The molecule has 178 valence electrons. The van der Waals surface area contributed by atoms with Gasteiger partial charge in [0, 0.05) is 11.4 Å². The number of carbonyl (C=O) groups excluding carboxylic acids is 2. The zero-order chi connectivity index (χ0) is 24.2. The number of aromatic carboxylic acids is 1. The first-order chi connectivity index (χ1) is 15.8. The van der Waals surface area contributed by atoms with Crippen molar-refractivity contribution >= 4 is 29.4 Å². The monoisotopic (exact) mass is 475 g/mol. The van der Waals surface area contributed by atoms with Gasteiger partial charge in [0.05, 0.1) is 18.2 Å². The van der Waals surface area contributed by atoms with E-state index in [4.69, 9.17) is 16.3 Å². The van der Waals surface area contributed by atoms with E-state index in [1.165, 1.54) is 6.07 Å². The van der Waals surface area contributed by atoms with Gasteiger partial charge in [-0.15, -0.1) is 0 Å². The lowest BCUT2D eigenvalue weighted by Crippen LogP contribution is -2.49. The molecule has 2 aromatic rings. The van der Waals surface area contributed by atoms with Crippen molar-refractivity contribution in [1.82, 2.24) is 5.32 Å². The summed E-state index contributed by atoms with van der Waals surface area (Å²) in [6.45, 7) is 2.15. The van der Waals surface area contributed by atoms with Gasteiger partial charge in [0.25, 0.3) is 0 Å². The van der Waals surface area contributed by atoms with Crippen LogP contribution in [0.15, 0.2) is 48.5 Å². The Morgan fingerprint density at radius 3 is 2.36 bits per heavy atom. The summed E-state index contributed by atoms with van der Waals surface area (Å²) in [4.78, 5) is 36.2. The fraction of sp³-hybridized carbons (Fsp3) is 0.400. The average molecular weight is 476 g/mol. The standard InChI is InChI=1S/C25H30ClNO6/c1-2-3-15-33-25(32)23(29)21(16-18-10-5-7-13-20(18)26)27-22(28)14-8-11-17-9-4-6-12-19(17)24(30)31/h4-7,9-10,12-13,21,23,29H,2-3,8,11,14-16H2,1H3,(H,27,28)(H,30,31)/t21?,23-/m1/s1. The number of esters is 1. The van der Waals surface area contributed by atoms with Crippen molar-refractivity contribution in [2.24, 2.45) is 0 Å². The van der Waals surface area contributed by atoms with Crippen LogP contribution in [0.5, 0.6) is 0 Å². The molecule has 33 heavy (non-hydrogen) atoms. The van der Waals surface area contributed by atoms with Crippen LogP contribution in [0.25, 0.3) is 0 Å². The molecule has 1 amide bonds. The van der Waals surface area contributed by atoms with Gasteiger partial charge >= 0.3 is 11.9 Å². The van der Waals surface area contributed by atoms with Crippen LogP contribution in [0.4, 0.5) is 0 Å². The van der Waals surface area contributed by atoms with E-state index in [2.05, 4.69) is 5.32 Å². The van der Waals surface area contributed by atoms with E-state index >= 15 is 0 Å². The highest BCUT2D eigenvalue weighted by Gasteiger charge is 2.29. The number of rotatable bonds is 13. The molecule has 8 heteroatoms. The van der Waals surface area contributed by atoms with E-state index in [0.29, 0.717) is 35.4 Å². The second-order valence-electron chi connectivity index (χ2n) is 7.75. The fourth-order valence-corrected chi connectivity index (χ4v) is 3.59. The van der Waals surface area contributed by atoms with Crippen LogP contribution in [0.3, 0.4) is 0 Å². The summed E-state index contributed by atoms with van der Waals surface area (Å²) in [6, 6.07) is 12.7. The maximum absolute atomic E-state index is 12.6. The number of carboxylic acid groups (broad SMARTS) is 1. The summed E-state index contributed by atoms with van der Waals surface area (Å²) in [7, 11) is 0. The van der Waals surface area contributed by atoms with Gasteiger partial charge in [-0.2, -0.15) is 0 Å². The molecule has 0 aliphatic rings. The minimum Gasteiger partial charge on any atom is -0.478 e. The van der Waals surface area contributed by atoms with Crippen LogP contribution in [-0.2, 0) is 27.2 Å². The third-order valence-corrected chi connectivity index (χ3v) is 5.58. The summed E-state index contributed by atoms with van der Waals surface area (Å²) < 4.78 is 5.12. The van der Waals surface area contributed by atoms with E-state index in [1.54, 1.807) is 42.5 Å². The van der Waals surface area contributed by atoms with Crippen LogP contribution in [0.1, 0.15) is 54.1 Å². The van der Waals surface area contributed by atoms with Crippen LogP contribution in [0.2, 0.25) is 5.02 Å². The van der Waals surface area contributed by atoms with Crippen molar-refractivity contribution in [2.75, 3.05) is 6.61 Å². The number of carboxylic acids is 1. The Bertz CT molecular complexity index is 948. The Morgan fingerprint density at radius 1 is 1.03 bits per heavy atom. The predicted octanol–water partition coefficient (Wildman–Crippen LogP) is 3.79. The number of aliphatic hydroxyl groups is 1. The third kappa shape index (κ3) is 8.51. The number of hydrogen-bond donors (Lipinski definition) is 3. The number of carbonyl (C=O) groups is 3. The number of ether oxygens (including phenoxy) is 1. The molecular formula is C25H30ClNO6. The lowest BCUT2D eigenvalue weighted by atomic mass is 9.99. The van der Waals surface area contributed by atoms with Gasteiger partial charge in [-0.05, 0) is 48.9 Å². The van der Waals surface area contributed by atoms with Crippen LogP contribution >= 0.6 is 11.6 Å². The summed E-state index contributed by atoms with van der Waals surface area (Å²) in [5.41, 5.74) is 1.53. The first-order valence-electron chi connectivity index (χ1n) is 11.0. The normalized spacial score (nSPS) is 12.6. The molecule has 0 spiro atoms. The third-order valence-electron chi connectivity index (χ3n) is 5.21. The van der Waals surface area contributed by atoms with Crippen LogP contribution in [0, 0.1) is 0 Å². The van der Waals surface area contributed by atoms with Gasteiger partial charge in [-0.25, -0.2) is 9.59 Å². The molecule has 2 aromatic carbocycles. The molecule has 7 nitrogen and oxygen atoms in total. The number of nitrogens with one attached hydrogen (secondary N) is 1. The predicted molar refractivity (Wildman–Crippen MR) is 125 cm³/mol. The molecule has 0 radical (unpaired) electrons. The molecule has 0 aromatic heterocycles. The largest absolute Gasteiger partial charge is 0.478 e. The topological polar surface area (TPSA) is 113 Å². The van der Waals surface area contributed by atoms with Crippen molar-refractivity contribution in [3.8, 4) is 0 Å². The molecule has 2 rings (SSSR count). The van der Waals surface area contributed by atoms with Gasteiger partial charge < -0.3 is 20.3 Å². The lowest BCUT2D eigenvalue weighted by Gasteiger charge is -2.23. The van der Waals surface area contributed by atoms with Crippen molar-refractivity contribution < 1.29 is 29.3 Å². The first-order valence-corrected chi connectivity index (χ1v) is 11.4. The summed E-state index contributed by atoms with van der Waals surface area (Å²) >= 11 is 6.22. The Balaban J connectivity index is 2.02.